The highest BCUT2D eigenvalue weighted by Gasteiger charge is 2.16. The highest BCUT2D eigenvalue weighted by molar-refractivity contribution is 6.10. The fourth-order valence-electron chi connectivity index (χ4n) is 3.10. The average Bonchev–Trinajstić information content (AvgIpc) is 2.84. The molecule has 1 amide bonds. The summed E-state index contributed by atoms with van der Waals surface area (Å²) in [5.74, 6) is 4.54. The second-order valence-electron chi connectivity index (χ2n) is 7.28. The Morgan fingerprint density at radius 2 is 1.55 bits per heavy atom. The topological polar surface area (TPSA) is 102 Å². The largest absolute Gasteiger partial charge is 0.478 e. The Labute approximate surface area is 192 Å². The number of amides is 1. The van der Waals surface area contributed by atoms with Crippen LogP contribution in [0.5, 0.6) is 0 Å². The maximum atomic E-state index is 13.1. The highest BCUT2D eigenvalue weighted by Crippen LogP contribution is 2.22. The summed E-state index contributed by atoms with van der Waals surface area (Å²) in [6.07, 6.45) is 1.96. The Bertz CT molecular complexity index is 1260. The van der Waals surface area contributed by atoms with E-state index in [1.165, 1.54) is 6.07 Å². The summed E-state index contributed by atoms with van der Waals surface area (Å²) in [5.41, 5.74) is 3.21. The molecule has 0 saturated heterocycles. The van der Waals surface area contributed by atoms with Gasteiger partial charge in [0, 0.05) is 23.4 Å². The Kier molecular flexibility index (Phi) is 7.83. The van der Waals surface area contributed by atoms with Crippen LogP contribution in [0.3, 0.4) is 0 Å². The molecular weight excluding hydrogens is 414 g/mol. The molecule has 0 fully saturated rings. The number of nitrogens with zero attached hydrogens (tertiary/aromatic N) is 1. The molecule has 164 valence electrons. The van der Waals surface area contributed by atoms with E-state index in [4.69, 9.17) is 5.26 Å². The minimum absolute atomic E-state index is 0.0168. The van der Waals surface area contributed by atoms with Crippen molar-refractivity contribution >= 4 is 23.3 Å². The van der Waals surface area contributed by atoms with E-state index in [-0.39, 0.29) is 11.3 Å². The number of unbranched alkanes of at least 4 members (excludes halogenated alkanes) is 1. The van der Waals surface area contributed by atoms with Gasteiger partial charge in [-0.15, -0.1) is 0 Å². The number of benzene rings is 3. The number of carboxylic acid groups (broad SMARTS) is 1. The molecule has 3 aromatic rings. The van der Waals surface area contributed by atoms with Crippen molar-refractivity contribution in [3.8, 4) is 17.9 Å². The number of carbonyl (C=O) groups is 2. The van der Waals surface area contributed by atoms with Crippen molar-refractivity contribution in [1.82, 2.24) is 0 Å². The second kappa shape index (κ2) is 11.2. The molecule has 0 aliphatic heterocycles. The second-order valence-corrected chi connectivity index (χ2v) is 7.28. The van der Waals surface area contributed by atoms with Gasteiger partial charge < -0.3 is 15.7 Å². The van der Waals surface area contributed by atoms with Gasteiger partial charge in [-0.25, -0.2) is 4.79 Å². The summed E-state index contributed by atoms with van der Waals surface area (Å²) in [4.78, 5) is 24.6. The van der Waals surface area contributed by atoms with E-state index < -0.39 is 11.9 Å². The van der Waals surface area contributed by atoms with Gasteiger partial charge in [-0.1, -0.05) is 37.3 Å². The number of nitrogens with one attached hydrogen (secondary N) is 2. The quantitative estimate of drug-likeness (QED) is 0.352. The molecule has 0 aliphatic rings. The van der Waals surface area contributed by atoms with Crippen LogP contribution in [0.2, 0.25) is 0 Å². The van der Waals surface area contributed by atoms with Crippen LogP contribution in [-0.4, -0.2) is 23.5 Å². The number of hydrogen-bond acceptors (Lipinski definition) is 4. The van der Waals surface area contributed by atoms with E-state index in [1.54, 1.807) is 54.6 Å². The summed E-state index contributed by atoms with van der Waals surface area (Å²) in [7, 11) is 0. The van der Waals surface area contributed by atoms with Crippen molar-refractivity contribution in [2.24, 2.45) is 0 Å². The van der Waals surface area contributed by atoms with Crippen LogP contribution in [0.25, 0.3) is 0 Å². The third kappa shape index (κ3) is 6.22. The number of carboxylic acids is 1. The van der Waals surface area contributed by atoms with E-state index in [9.17, 15) is 14.7 Å². The van der Waals surface area contributed by atoms with Gasteiger partial charge in [-0.3, -0.25) is 4.79 Å². The van der Waals surface area contributed by atoms with Gasteiger partial charge in [0.15, 0.2) is 0 Å². The number of hydrogen-bond donors (Lipinski definition) is 3. The van der Waals surface area contributed by atoms with Crippen LogP contribution in [0.4, 0.5) is 11.4 Å². The van der Waals surface area contributed by atoms with E-state index in [1.807, 2.05) is 6.07 Å². The molecule has 6 nitrogen and oxygen atoms in total. The first-order valence-corrected chi connectivity index (χ1v) is 10.6. The Hall–Kier alpha value is -4.55. The first-order valence-electron chi connectivity index (χ1n) is 10.6. The van der Waals surface area contributed by atoms with Gasteiger partial charge in [0.1, 0.15) is 0 Å². The Morgan fingerprint density at radius 3 is 2.24 bits per heavy atom. The molecule has 0 unspecified atom stereocenters. The summed E-state index contributed by atoms with van der Waals surface area (Å²) in [6.45, 7) is 2.79. The average molecular weight is 437 g/mol. The van der Waals surface area contributed by atoms with Crippen LogP contribution < -0.4 is 10.6 Å². The molecule has 0 heterocycles. The molecule has 6 heteroatoms. The fraction of sp³-hybridized carbons (Fsp3) is 0.148. The highest BCUT2D eigenvalue weighted by atomic mass is 16.4. The smallest absolute Gasteiger partial charge is 0.337 e. The van der Waals surface area contributed by atoms with Gasteiger partial charge >= 0.3 is 5.97 Å². The third-order valence-corrected chi connectivity index (χ3v) is 4.88. The van der Waals surface area contributed by atoms with Crippen molar-refractivity contribution in [2.45, 2.75) is 19.8 Å². The lowest BCUT2D eigenvalue weighted by molar-refractivity contribution is 0.0698. The standard InChI is InChI=1S/C27H23N3O3/c1-2-3-16-29-24-15-14-20(11-8-19-9-12-21(18-28)13-10-19)17-23(24)26(31)30-25-7-5-4-6-22(25)27(32)33/h4-7,9-10,12-15,17,29H,2-3,16H2,1H3,(H,30,31)(H,32,33). The summed E-state index contributed by atoms with van der Waals surface area (Å²) >= 11 is 0. The molecule has 0 spiro atoms. The van der Waals surface area contributed by atoms with Crippen LogP contribution in [0.15, 0.2) is 66.7 Å². The Balaban J connectivity index is 1.92. The van der Waals surface area contributed by atoms with Gasteiger partial charge in [-0.05, 0) is 61.0 Å². The molecule has 3 N–H and O–H groups in total. The van der Waals surface area contributed by atoms with Crippen LogP contribution in [0.1, 0.15) is 57.2 Å². The maximum absolute atomic E-state index is 13.1. The van der Waals surface area contributed by atoms with Gasteiger partial charge in [0.2, 0.25) is 0 Å². The molecule has 3 aromatic carbocycles. The van der Waals surface area contributed by atoms with E-state index in [2.05, 4.69) is 35.5 Å². The molecule has 3 rings (SSSR count). The zero-order valence-electron chi connectivity index (χ0n) is 18.2. The summed E-state index contributed by atoms with van der Waals surface area (Å²) < 4.78 is 0. The zero-order chi connectivity index (χ0) is 23.6. The molecule has 33 heavy (non-hydrogen) atoms. The fourth-order valence-corrected chi connectivity index (χ4v) is 3.10. The minimum Gasteiger partial charge on any atom is -0.478 e. The van der Waals surface area contributed by atoms with Crippen LogP contribution >= 0.6 is 0 Å². The number of nitriles is 1. The number of para-hydroxylation sites is 1. The van der Waals surface area contributed by atoms with Crippen molar-refractivity contribution < 1.29 is 14.7 Å². The monoisotopic (exact) mass is 437 g/mol. The molecule has 0 atom stereocenters. The predicted octanol–water partition coefficient (Wildman–Crippen LogP) is 5.12. The first kappa shape index (κ1) is 23.1. The normalized spacial score (nSPS) is 9.82. The molecule has 0 radical (unpaired) electrons. The molecular formula is C27H23N3O3. The summed E-state index contributed by atoms with van der Waals surface area (Å²) in [6, 6.07) is 20.6. The van der Waals surface area contributed by atoms with E-state index >= 15 is 0 Å². The third-order valence-electron chi connectivity index (χ3n) is 4.88. The van der Waals surface area contributed by atoms with E-state index in [0.29, 0.717) is 28.9 Å². The van der Waals surface area contributed by atoms with Crippen molar-refractivity contribution in [3.05, 3.63) is 94.5 Å². The molecule has 0 saturated carbocycles. The lowest BCUT2D eigenvalue weighted by Crippen LogP contribution is -2.17. The van der Waals surface area contributed by atoms with Crippen molar-refractivity contribution in [1.29, 1.82) is 5.26 Å². The van der Waals surface area contributed by atoms with Gasteiger partial charge in [-0.2, -0.15) is 5.26 Å². The van der Waals surface area contributed by atoms with E-state index in [0.717, 1.165) is 18.4 Å². The maximum Gasteiger partial charge on any atom is 0.337 e. The zero-order valence-corrected chi connectivity index (χ0v) is 18.2. The Morgan fingerprint density at radius 1 is 0.879 bits per heavy atom. The van der Waals surface area contributed by atoms with Crippen molar-refractivity contribution in [2.75, 3.05) is 17.2 Å². The number of carbonyl (C=O) groups excluding carboxylic acids is 1. The number of aromatic carboxylic acids is 1. The number of anilines is 2. The van der Waals surface area contributed by atoms with Crippen LogP contribution in [0, 0.1) is 23.2 Å². The molecule has 0 bridgehead atoms. The number of rotatable bonds is 7. The lowest BCUT2D eigenvalue weighted by Gasteiger charge is -2.14. The van der Waals surface area contributed by atoms with Crippen molar-refractivity contribution in [3.63, 3.8) is 0 Å². The predicted molar refractivity (Wildman–Crippen MR) is 128 cm³/mol. The minimum atomic E-state index is -1.12. The first-order chi connectivity index (χ1) is 16.0. The summed E-state index contributed by atoms with van der Waals surface area (Å²) in [5, 5.41) is 24.3. The lowest BCUT2D eigenvalue weighted by atomic mass is 10.1. The van der Waals surface area contributed by atoms with Gasteiger partial charge in [0.25, 0.3) is 5.91 Å². The SMILES string of the molecule is CCCCNc1ccc(C#Cc2ccc(C#N)cc2)cc1C(=O)Nc1ccccc1C(=O)O. The van der Waals surface area contributed by atoms with Gasteiger partial charge in [0.05, 0.1) is 28.4 Å². The molecule has 0 aromatic heterocycles. The molecule has 0 aliphatic carbocycles. The van der Waals surface area contributed by atoms with Crippen LogP contribution in [-0.2, 0) is 0 Å².